The van der Waals surface area contributed by atoms with Crippen LogP contribution in [0.25, 0.3) is 0 Å². The van der Waals surface area contributed by atoms with E-state index in [4.69, 9.17) is 4.74 Å². The van der Waals surface area contributed by atoms with Crippen molar-refractivity contribution in [2.24, 2.45) is 0 Å². The van der Waals surface area contributed by atoms with Gasteiger partial charge >= 0.3 is 0 Å². The Labute approximate surface area is 167 Å². The summed E-state index contributed by atoms with van der Waals surface area (Å²) >= 11 is 0. The van der Waals surface area contributed by atoms with E-state index in [2.05, 4.69) is 33.0 Å². The minimum Gasteiger partial charge on any atom is -0.497 e. The number of hydrogen-bond donors (Lipinski definition) is 1. The second kappa shape index (κ2) is 10.1. The maximum absolute atomic E-state index is 12.8. The van der Waals surface area contributed by atoms with E-state index in [0.29, 0.717) is 0 Å². The van der Waals surface area contributed by atoms with Crippen molar-refractivity contribution < 1.29 is 42.2 Å². The fourth-order valence-electron chi connectivity index (χ4n) is 3.21. The summed E-state index contributed by atoms with van der Waals surface area (Å²) in [6.07, 6.45) is 3.40. The topological polar surface area (TPSA) is 38.3 Å². The fraction of sp³-hybridized carbons (Fsp3) is 0.611. The van der Waals surface area contributed by atoms with Gasteiger partial charge in [-0.25, -0.2) is 0 Å². The number of methoxy groups -OCH3 is 1. The second-order valence-corrected chi connectivity index (χ2v) is 11.1. The van der Waals surface area contributed by atoms with Crippen LogP contribution in [0.1, 0.15) is 38.8 Å². The van der Waals surface area contributed by atoms with Gasteiger partial charge in [0, 0.05) is 45.7 Å². The van der Waals surface area contributed by atoms with Gasteiger partial charge in [-0.05, 0) is 64.8 Å². The molecule has 0 aliphatic rings. The van der Waals surface area contributed by atoms with Gasteiger partial charge in [-0.2, -0.15) is 0 Å². The van der Waals surface area contributed by atoms with Gasteiger partial charge in [-0.3, -0.25) is 4.79 Å². The van der Waals surface area contributed by atoms with Crippen LogP contribution in [-0.2, 0) is 37.5 Å². The summed E-state index contributed by atoms with van der Waals surface area (Å²) in [7, 11) is 0.459. The molecule has 1 unspecified atom stereocenters. The Bertz CT molecular complexity index is 498. The zero-order valence-corrected chi connectivity index (χ0v) is 19.4. The molecule has 0 heterocycles. The van der Waals surface area contributed by atoms with Crippen LogP contribution >= 0.6 is 7.26 Å². The Morgan fingerprint density at radius 2 is 1.57 bits per heavy atom. The molecule has 1 atom stereocenters. The van der Waals surface area contributed by atoms with Crippen LogP contribution in [0.4, 0.5) is 5.69 Å². The molecule has 1 N–H and O–H groups in total. The molecule has 0 saturated heterocycles. The molecule has 127 valence electrons. The standard InChI is InChI=1S/C18H30NO2P.Y/c1-8-22(9-2,10-3)15(6)18(20)19-17-13(4)11-16(21-7)12-14(17)5;/h11-12,15H,8-10H2,1-7H3;/p+1. The van der Waals surface area contributed by atoms with Crippen LogP contribution in [0.2, 0.25) is 0 Å². The smallest absolute Gasteiger partial charge is 0.264 e. The van der Waals surface area contributed by atoms with Crippen LogP contribution in [0.5, 0.6) is 5.75 Å². The van der Waals surface area contributed by atoms with Crippen molar-refractivity contribution in [1.82, 2.24) is 0 Å². The molecule has 1 aromatic carbocycles. The van der Waals surface area contributed by atoms with E-state index in [1.54, 1.807) is 7.11 Å². The summed E-state index contributed by atoms with van der Waals surface area (Å²) in [6.45, 7) is 12.8. The molecule has 0 aliphatic carbocycles. The average molecular weight is 413 g/mol. The van der Waals surface area contributed by atoms with Crippen LogP contribution in [0.3, 0.4) is 0 Å². The molecule has 0 bridgehead atoms. The van der Waals surface area contributed by atoms with E-state index in [1.807, 2.05) is 26.0 Å². The van der Waals surface area contributed by atoms with Crippen molar-refractivity contribution in [3.63, 3.8) is 0 Å². The monoisotopic (exact) mass is 413 g/mol. The first-order chi connectivity index (χ1) is 10.3. The third-order valence-electron chi connectivity index (χ3n) is 5.08. The number of hydrogen-bond acceptors (Lipinski definition) is 2. The summed E-state index contributed by atoms with van der Waals surface area (Å²) in [6, 6.07) is 3.93. The predicted octanol–water partition coefficient (Wildman–Crippen LogP) is 4.71. The number of nitrogens with one attached hydrogen (secondary N) is 1. The quantitative estimate of drug-likeness (QED) is 0.658. The number of aryl methyl sites for hydroxylation is 2. The molecule has 0 aromatic heterocycles. The summed E-state index contributed by atoms with van der Waals surface area (Å²) in [5.41, 5.74) is 3.13. The SMILES string of the molecule is CC[P+](CC)(CC)C(C)C(=O)Nc1c(C)cc(OC)cc1C.[Y]. The van der Waals surface area contributed by atoms with Crippen LogP contribution in [-0.4, -0.2) is 37.2 Å². The molecule has 0 fully saturated rings. The molecule has 1 radical (unpaired) electrons. The van der Waals surface area contributed by atoms with Crippen molar-refractivity contribution in [1.29, 1.82) is 0 Å². The number of rotatable bonds is 7. The largest absolute Gasteiger partial charge is 0.497 e. The third-order valence-corrected chi connectivity index (χ3v) is 10.7. The molecule has 23 heavy (non-hydrogen) atoms. The van der Waals surface area contributed by atoms with Gasteiger partial charge in [0.1, 0.15) is 11.4 Å². The van der Waals surface area contributed by atoms with E-state index in [1.165, 1.54) is 0 Å². The Hall–Kier alpha value is 0.0239. The van der Waals surface area contributed by atoms with Gasteiger partial charge in [0.25, 0.3) is 5.91 Å². The van der Waals surface area contributed by atoms with E-state index < -0.39 is 7.26 Å². The van der Waals surface area contributed by atoms with Gasteiger partial charge < -0.3 is 10.1 Å². The first kappa shape index (κ1) is 23.0. The van der Waals surface area contributed by atoms with Gasteiger partial charge in [-0.15, -0.1) is 0 Å². The average Bonchev–Trinajstić information content (AvgIpc) is 2.52. The summed E-state index contributed by atoms with van der Waals surface area (Å²) in [5, 5.41) is 3.17. The van der Waals surface area contributed by atoms with Gasteiger partial charge in [0.2, 0.25) is 0 Å². The zero-order chi connectivity index (χ0) is 16.9. The van der Waals surface area contributed by atoms with Crippen molar-refractivity contribution in [3.8, 4) is 5.75 Å². The van der Waals surface area contributed by atoms with E-state index in [-0.39, 0.29) is 44.3 Å². The van der Waals surface area contributed by atoms with Gasteiger partial charge in [0.05, 0.1) is 25.6 Å². The molecule has 0 saturated carbocycles. The van der Waals surface area contributed by atoms with Crippen molar-refractivity contribution in [2.75, 3.05) is 30.9 Å². The Balaban J connectivity index is 0.00000484. The number of ether oxygens (including phenoxy) is 1. The number of amides is 1. The first-order valence-electron chi connectivity index (χ1n) is 8.17. The first-order valence-corrected chi connectivity index (χ1v) is 10.6. The maximum Gasteiger partial charge on any atom is 0.264 e. The zero-order valence-electron chi connectivity index (χ0n) is 15.7. The van der Waals surface area contributed by atoms with E-state index in [9.17, 15) is 4.79 Å². The molecule has 1 aromatic rings. The maximum atomic E-state index is 12.8. The van der Waals surface area contributed by atoms with Crippen LogP contribution < -0.4 is 10.1 Å². The Kier molecular flexibility index (Phi) is 10.1. The predicted molar refractivity (Wildman–Crippen MR) is 99.1 cm³/mol. The Morgan fingerprint density at radius 1 is 1.13 bits per heavy atom. The molecule has 1 amide bonds. The van der Waals surface area contributed by atoms with Gasteiger partial charge in [-0.1, -0.05) is 0 Å². The third kappa shape index (κ3) is 5.25. The molecule has 5 heteroatoms. The minimum absolute atomic E-state index is 0. The van der Waals surface area contributed by atoms with Crippen molar-refractivity contribution >= 4 is 18.9 Å². The summed E-state index contributed by atoms with van der Waals surface area (Å²) in [4.78, 5) is 12.8. The molecule has 0 spiro atoms. The Morgan fingerprint density at radius 3 is 1.91 bits per heavy atom. The molecule has 3 nitrogen and oxygen atoms in total. The molecular formula is C18H31NO2PY+. The fourth-order valence-corrected chi connectivity index (χ4v) is 6.75. The van der Waals surface area contributed by atoms with E-state index in [0.717, 1.165) is 41.0 Å². The molecular weight excluding hydrogens is 382 g/mol. The number of carbonyl (C=O) groups excluding carboxylic acids is 1. The minimum atomic E-state index is -1.21. The van der Waals surface area contributed by atoms with Crippen LogP contribution in [0.15, 0.2) is 12.1 Å². The van der Waals surface area contributed by atoms with Crippen LogP contribution in [0, 0.1) is 13.8 Å². The van der Waals surface area contributed by atoms with Crippen molar-refractivity contribution in [2.45, 2.75) is 47.2 Å². The molecule has 1 rings (SSSR count). The van der Waals surface area contributed by atoms with Crippen molar-refractivity contribution in [3.05, 3.63) is 23.3 Å². The van der Waals surface area contributed by atoms with Gasteiger partial charge in [0.15, 0.2) is 0 Å². The van der Waals surface area contributed by atoms with E-state index >= 15 is 0 Å². The summed E-state index contributed by atoms with van der Waals surface area (Å²) in [5.74, 6) is 0.994. The molecule has 0 aliphatic heterocycles. The number of benzene rings is 1. The number of carbonyl (C=O) groups is 1. The second-order valence-electron chi connectivity index (χ2n) is 5.97. The number of anilines is 1. The summed E-state index contributed by atoms with van der Waals surface area (Å²) < 4.78 is 5.28. The normalized spacial score (nSPS) is 12.3.